The van der Waals surface area contributed by atoms with Crippen LogP contribution in [0.1, 0.15) is 56.9 Å². The molecule has 2 aliphatic rings. The lowest BCUT2D eigenvalue weighted by Crippen LogP contribution is -2.55. The normalized spacial score (nSPS) is 19.1. The zero-order valence-corrected chi connectivity index (χ0v) is 20.1. The highest BCUT2D eigenvalue weighted by molar-refractivity contribution is 7.10. The molecule has 0 unspecified atom stereocenters. The number of fused-ring (bicyclic) bond motifs is 1. The summed E-state index contributed by atoms with van der Waals surface area (Å²) in [6.07, 6.45) is 3.09. The summed E-state index contributed by atoms with van der Waals surface area (Å²) in [7, 11) is 0. The topological polar surface area (TPSA) is 84.7 Å². The number of carbonyl (C=O) groups is 3. The van der Waals surface area contributed by atoms with Crippen LogP contribution < -0.4 is 0 Å². The minimum absolute atomic E-state index is 0.0445. The third-order valence-corrected chi connectivity index (χ3v) is 7.31. The van der Waals surface area contributed by atoms with Crippen molar-refractivity contribution in [3.05, 3.63) is 40.1 Å². The zero-order valence-electron chi connectivity index (χ0n) is 19.3. The van der Waals surface area contributed by atoms with Gasteiger partial charge in [-0.2, -0.15) is 0 Å². The number of carbonyl (C=O) groups excluding carboxylic acids is 3. The monoisotopic (exact) mass is 458 g/mol. The fourth-order valence-electron chi connectivity index (χ4n) is 4.45. The number of thiophene rings is 1. The number of rotatable bonds is 4. The Labute approximate surface area is 192 Å². The third kappa shape index (κ3) is 3.83. The highest BCUT2D eigenvalue weighted by Crippen LogP contribution is 2.35. The van der Waals surface area contributed by atoms with Crippen LogP contribution in [0.25, 0.3) is 0 Å². The van der Waals surface area contributed by atoms with Crippen LogP contribution in [-0.2, 0) is 26.3 Å². The summed E-state index contributed by atoms with van der Waals surface area (Å²) in [5.41, 5.74) is -1.18. The van der Waals surface area contributed by atoms with Gasteiger partial charge in [-0.05, 0) is 58.9 Å². The third-order valence-electron chi connectivity index (χ3n) is 6.22. The van der Waals surface area contributed by atoms with Crippen LogP contribution in [0.5, 0.6) is 0 Å². The van der Waals surface area contributed by atoms with Crippen LogP contribution in [0.4, 0.5) is 4.79 Å². The van der Waals surface area contributed by atoms with Gasteiger partial charge in [-0.1, -0.05) is 6.07 Å². The molecular formula is C23H30N4O4S. The van der Waals surface area contributed by atoms with Crippen LogP contribution in [0.3, 0.4) is 0 Å². The highest BCUT2D eigenvalue weighted by atomic mass is 32.1. The molecule has 2 aromatic heterocycles. The van der Waals surface area contributed by atoms with Crippen LogP contribution in [0.15, 0.2) is 23.7 Å². The maximum absolute atomic E-state index is 13.7. The van der Waals surface area contributed by atoms with Gasteiger partial charge < -0.3 is 14.5 Å². The number of nitrogens with zero attached hydrogens (tertiary/aromatic N) is 4. The number of hydrogen-bond acceptors (Lipinski definition) is 6. The molecule has 1 fully saturated rings. The summed E-state index contributed by atoms with van der Waals surface area (Å²) in [6, 6.07) is 3.66. The molecule has 1 atom stereocenters. The molecule has 0 spiro atoms. The number of aromatic nitrogens is 2. The number of ether oxygens (including phenoxy) is 1. The van der Waals surface area contributed by atoms with Gasteiger partial charge >= 0.3 is 12.0 Å². The van der Waals surface area contributed by atoms with E-state index in [0.717, 1.165) is 5.69 Å². The van der Waals surface area contributed by atoms with Gasteiger partial charge in [0.2, 0.25) is 5.91 Å². The van der Waals surface area contributed by atoms with Gasteiger partial charge in [0.05, 0.1) is 18.4 Å². The van der Waals surface area contributed by atoms with E-state index in [1.807, 2.05) is 29.3 Å². The molecule has 8 nitrogen and oxygen atoms in total. The second kappa shape index (κ2) is 8.03. The first kappa shape index (κ1) is 22.5. The largest absolute Gasteiger partial charge is 0.459 e. The van der Waals surface area contributed by atoms with Gasteiger partial charge in [0.15, 0.2) is 5.41 Å². The Morgan fingerprint density at radius 3 is 2.44 bits per heavy atom. The molecule has 4 heterocycles. The Hall–Kier alpha value is -2.68. The minimum atomic E-state index is -1.39. The number of hydrogen-bond donors (Lipinski definition) is 0. The first-order valence-electron chi connectivity index (χ1n) is 10.9. The van der Waals surface area contributed by atoms with Gasteiger partial charge in [-0.15, -0.1) is 11.3 Å². The van der Waals surface area contributed by atoms with Crippen molar-refractivity contribution >= 4 is 29.2 Å². The molecule has 0 radical (unpaired) electrons. The molecule has 2 aliphatic heterocycles. The second-order valence-electron chi connectivity index (χ2n) is 9.67. The van der Waals surface area contributed by atoms with Crippen molar-refractivity contribution in [2.24, 2.45) is 0 Å². The summed E-state index contributed by atoms with van der Waals surface area (Å²) in [6.45, 7) is 10.4. The maximum atomic E-state index is 13.7. The summed E-state index contributed by atoms with van der Waals surface area (Å²) < 4.78 is 7.31. The summed E-state index contributed by atoms with van der Waals surface area (Å²) >= 11 is 1.38. The van der Waals surface area contributed by atoms with Gasteiger partial charge in [0, 0.05) is 24.0 Å². The van der Waals surface area contributed by atoms with E-state index in [0.29, 0.717) is 43.2 Å². The lowest BCUT2D eigenvalue weighted by molar-refractivity contribution is -0.167. The van der Waals surface area contributed by atoms with Crippen molar-refractivity contribution in [1.82, 2.24) is 19.4 Å². The molecule has 32 heavy (non-hydrogen) atoms. The molecule has 9 heteroatoms. The number of esters is 1. The first-order valence-corrected chi connectivity index (χ1v) is 11.8. The Bertz CT molecular complexity index is 1030. The van der Waals surface area contributed by atoms with Gasteiger partial charge in [0.1, 0.15) is 11.4 Å². The highest BCUT2D eigenvalue weighted by Gasteiger charge is 2.49. The fourth-order valence-corrected chi connectivity index (χ4v) is 5.32. The first-order chi connectivity index (χ1) is 15.0. The number of piperidine rings is 1. The molecule has 0 saturated carbocycles. The predicted molar refractivity (Wildman–Crippen MR) is 120 cm³/mol. The smallest absolute Gasteiger partial charge is 0.330 e. The van der Waals surface area contributed by atoms with Gasteiger partial charge in [-0.3, -0.25) is 14.2 Å². The molecule has 0 aromatic carbocycles. The number of likely N-dealkylation sites (tertiary alicyclic amines) is 1. The molecule has 2 aromatic rings. The SMILES string of the molecule is Cc1ncc2n1C(=O)N(C1CCN(C(=O)[C@](C)(C(=O)OC(C)(C)C)c3cccs3)CC1)C2. The second-order valence-corrected chi connectivity index (χ2v) is 10.6. The average Bonchev–Trinajstić information content (AvgIpc) is 3.46. The van der Waals surface area contributed by atoms with Crippen molar-refractivity contribution < 1.29 is 19.1 Å². The molecule has 0 N–H and O–H groups in total. The number of amides is 2. The van der Waals surface area contributed by atoms with E-state index in [4.69, 9.17) is 4.74 Å². The zero-order chi connectivity index (χ0) is 23.3. The van der Waals surface area contributed by atoms with Crippen LogP contribution in [0.2, 0.25) is 0 Å². The van der Waals surface area contributed by atoms with E-state index >= 15 is 0 Å². The summed E-state index contributed by atoms with van der Waals surface area (Å²) in [5.74, 6) is -0.0764. The molecule has 0 bridgehead atoms. The standard InChI is InChI=1S/C23H30N4O4S/c1-15-24-13-17-14-26(21(30)27(15)17)16-8-10-25(11-9-16)19(28)23(5,18-7-6-12-32-18)20(29)31-22(2,3)4/h6-7,12-13,16H,8-11,14H2,1-5H3/t23-/m1/s1. The van der Waals surface area contributed by atoms with E-state index in [1.165, 1.54) is 11.3 Å². The predicted octanol–water partition coefficient (Wildman–Crippen LogP) is 3.33. The number of imidazole rings is 1. The van der Waals surface area contributed by atoms with Crippen molar-refractivity contribution in [1.29, 1.82) is 0 Å². The lowest BCUT2D eigenvalue weighted by Gasteiger charge is -2.40. The number of aryl methyl sites for hydroxylation is 1. The summed E-state index contributed by atoms with van der Waals surface area (Å²) in [5, 5.41) is 1.86. The molecule has 0 aliphatic carbocycles. The molecule has 1 saturated heterocycles. The molecule has 2 amide bonds. The lowest BCUT2D eigenvalue weighted by atomic mass is 9.85. The molecule has 172 valence electrons. The van der Waals surface area contributed by atoms with Crippen LogP contribution in [-0.4, -0.2) is 62.0 Å². The maximum Gasteiger partial charge on any atom is 0.330 e. The molecular weight excluding hydrogens is 428 g/mol. The van der Waals surface area contributed by atoms with Crippen LogP contribution in [0, 0.1) is 6.92 Å². The Balaban J connectivity index is 1.48. The Morgan fingerprint density at radius 1 is 1.19 bits per heavy atom. The van der Waals surface area contributed by atoms with Crippen molar-refractivity contribution in [2.45, 2.75) is 71.1 Å². The van der Waals surface area contributed by atoms with Crippen LogP contribution >= 0.6 is 11.3 Å². The summed E-state index contributed by atoms with van der Waals surface area (Å²) in [4.78, 5) is 48.2. The Morgan fingerprint density at radius 2 is 1.88 bits per heavy atom. The fraction of sp³-hybridized carbons (Fsp3) is 0.565. The Kier molecular flexibility index (Phi) is 5.65. The van der Waals surface area contributed by atoms with E-state index < -0.39 is 17.0 Å². The molecule has 4 rings (SSSR count). The van der Waals surface area contributed by atoms with Crippen molar-refractivity contribution in [3.63, 3.8) is 0 Å². The van der Waals surface area contributed by atoms with Crippen molar-refractivity contribution in [2.75, 3.05) is 13.1 Å². The van der Waals surface area contributed by atoms with Crippen molar-refractivity contribution in [3.8, 4) is 0 Å². The average molecular weight is 459 g/mol. The van der Waals surface area contributed by atoms with E-state index in [2.05, 4.69) is 4.98 Å². The minimum Gasteiger partial charge on any atom is -0.459 e. The quantitative estimate of drug-likeness (QED) is 0.518. The van der Waals surface area contributed by atoms with Gasteiger partial charge in [0.25, 0.3) is 0 Å². The van der Waals surface area contributed by atoms with E-state index in [9.17, 15) is 14.4 Å². The van der Waals surface area contributed by atoms with E-state index in [1.54, 1.807) is 43.4 Å². The van der Waals surface area contributed by atoms with E-state index in [-0.39, 0.29) is 18.0 Å². The van der Waals surface area contributed by atoms with Gasteiger partial charge in [-0.25, -0.2) is 9.78 Å².